The molecule has 0 amide bonds. The summed E-state index contributed by atoms with van der Waals surface area (Å²) in [4.78, 5) is 10.7. The van der Waals surface area contributed by atoms with E-state index in [1.165, 1.54) is 0 Å². The molecule has 0 saturated carbocycles. The van der Waals surface area contributed by atoms with Gasteiger partial charge in [-0.25, -0.2) is 4.79 Å². The molecule has 0 aromatic carbocycles. The molecule has 0 aromatic rings. The van der Waals surface area contributed by atoms with Crippen LogP contribution in [0.25, 0.3) is 0 Å². The number of hydrogen-bond donors (Lipinski definition) is 3. The van der Waals surface area contributed by atoms with E-state index in [0.29, 0.717) is 0 Å². The van der Waals surface area contributed by atoms with Gasteiger partial charge in [-0.15, -0.1) is 0 Å². The first-order valence-corrected chi connectivity index (χ1v) is 3.51. The molecule has 0 aromatic heterocycles. The van der Waals surface area contributed by atoms with Crippen molar-refractivity contribution in [2.24, 2.45) is 0 Å². The summed E-state index contributed by atoms with van der Waals surface area (Å²) in [5.74, 6) is -0.823. The number of ether oxygens (including phenoxy) is 2. The van der Waals surface area contributed by atoms with Crippen LogP contribution in [-0.4, -0.2) is 52.0 Å². The molecule has 6 heteroatoms. The fourth-order valence-electron chi connectivity index (χ4n) is 1.40. The van der Waals surface area contributed by atoms with E-state index in [4.69, 9.17) is 15.3 Å². The normalized spacial score (nSPS) is 52.2. The number of rotatable bonds is 0. The Kier molecular flexibility index (Phi) is 1.58. The van der Waals surface area contributed by atoms with Gasteiger partial charge in [0, 0.05) is 0 Å². The third-order valence-electron chi connectivity index (χ3n) is 2.05. The molecular formula is C6H8O6. The first-order chi connectivity index (χ1) is 5.61. The van der Waals surface area contributed by atoms with E-state index in [0.717, 1.165) is 0 Å². The van der Waals surface area contributed by atoms with Crippen LogP contribution in [-0.2, 0) is 14.3 Å². The van der Waals surface area contributed by atoms with Gasteiger partial charge in [0.05, 0.1) is 0 Å². The highest BCUT2D eigenvalue weighted by Crippen LogP contribution is 2.30. The zero-order valence-electron chi connectivity index (χ0n) is 5.95. The molecule has 3 N–H and O–H groups in total. The predicted octanol–water partition coefficient (Wildman–Crippen LogP) is -2.65. The second kappa shape index (κ2) is 2.40. The number of carbonyl (C=O) groups excluding carboxylic acids is 1. The summed E-state index contributed by atoms with van der Waals surface area (Å²) >= 11 is 0. The molecule has 1 unspecified atom stereocenters. The maximum atomic E-state index is 10.7. The second-order valence-electron chi connectivity index (χ2n) is 2.83. The van der Waals surface area contributed by atoms with Crippen LogP contribution in [0, 0.1) is 0 Å². The fourth-order valence-corrected chi connectivity index (χ4v) is 1.40. The molecule has 2 heterocycles. The van der Waals surface area contributed by atoms with Crippen molar-refractivity contribution >= 4 is 5.97 Å². The SMILES string of the molecule is O=C1O[C@H]2[C@@H](OC(O)[C@@H]2O)[C@H]1O. The van der Waals surface area contributed by atoms with Crippen LogP contribution in [0.4, 0.5) is 0 Å². The van der Waals surface area contributed by atoms with E-state index in [1.807, 2.05) is 0 Å². The van der Waals surface area contributed by atoms with Gasteiger partial charge in [0.2, 0.25) is 0 Å². The summed E-state index contributed by atoms with van der Waals surface area (Å²) in [6.45, 7) is 0. The largest absolute Gasteiger partial charge is 0.454 e. The highest BCUT2D eigenvalue weighted by atomic mass is 16.7. The van der Waals surface area contributed by atoms with Gasteiger partial charge in [0.15, 0.2) is 18.5 Å². The molecule has 5 atom stereocenters. The molecule has 0 aliphatic carbocycles. The molecule has 2 saturated heterocycles. The van der Waals surface area contributed by atoms with Crippen molar-refractivity contribution in [3.63, 3.8) is 0 Å². The molecule has 2 aliphatic rings. The van der Waals surface area contributed by atoms with E-state index < -0.39 is 36.7 Å². The van der Waals surface area contributed by atoms with Gasteiger partial charge >= 0.3 is 5.97 Å². The zero-order chi connectivity index (χ0) is 8.88. The topological polar surface area (TPSA) is 96.2 Å². The summed E-state index contributed by atoms with van der Waals surface area (Å²) in [6, 6.07) is 0. The van der Waals surface area contributed by atoms with Crippen LogP contribution in [0.5, 0.6) is 0 Å². The first kappa shape index (κ1) is 7.93. The molecule has 2 rings (SSSR count). The Bertz CT molecular complexity index is 216. The lowest BCUT2D eigenvalue weighted by atomic mass is 10.1. The Labute approximate surface area is 67.3 Å². The highest BCUT2D eigenvalue weighted by Gasteiger charge is 2.56. The Morgan fingerprint density at radius 3 is 2.42 bits per heavy atom. The van der Waals surface area contributed by atoms with E-state index in [9.17, 15) is 4.79 Å². The Morgan fingerprint density at radius 2 is 1.83 bits per heavy atom. The van der Waals surface area contributed by atoms with Crippen molar-refractivity contribution in [2.75, 3.05) is 0 Å². The lowest BCUT2D eigenvalue weighted by Crippen LogP contribution is -2.32. The maximum Gasteiger partial charge on any atom is 0.338 e. The minimum absolute atomic E-state index is 0.823. The predicted molar refractivity (Wildman–Crippen MR) is 32.8 cm³/mol. The van der Waals surface area contributed by atoms with Crippen LogP contribution in [0.3, 0.4) is 0 Å². The third kappa shape index (κ3) is 0.862. The Hall–Kier alpha value is -0.690. The van der Waals surface area contributed by atoms with Gasteiger partial charge in [0.25, 0.3) is 0 Å². The van der Waals surface area contributed by atoms with Crippen LogP contribution >= 0.6 is 0 Å². The molecule has 0 bridgehead atoms. The van der Waals surface area contributed by atoms with Gasteiger partial charge in [-0.2, -0.15) is 0 Å². The number of fused-ring (bicyclic) bond motifs is 1. The van der Waals surface area contributed by atoms with Gasteiger partial charge in [-0.05, 0) is 0 Å². The van der Waals surface area contributed by atoms with Crippen LogP contribution < -0.4 is 0 Å². The number of carbonyl (C=O) groups is 1. The van der Waals surface area contributed by atoms with Gasteiger partial charge in [-0.3, -0.25) is 0 Å². The summed E-state index contributed by atoms with van der Waals surface area (Å²) in [7, 11) is 0. The van der Waals surface area contributed by atoms with E-state index in [2.05, 4.69) is 9.47 Å². The number of hydrogen-bond acceptors (Lipinski definition) is 6. The van der Waals surface area contributed by atoms with Crippen molar-refractivity contribution in [3.8, 4) is 0 Å². The second-order valence-corrected chi connectivity index (χ2v) is 2.83. The summed E-state index contributed by atoms with van der Waals surface area (Å²) in [6.07, 6.45) is -5.94. The minimum atomic E-state index is -1.40. The fraction of sp³-hybridized carbons (Fsp3) is 0.833. The lowest BCUT2D eigenvalue weighted by Gasteiger charge is -2.10. The summed E-state index contributed by atoms with van der Waals surface area (Å²) in [5.41, 5.74) is 0. The van der Waals surface area contributed by atoms with Crippen LogP contribution in [0.2, 0.25) is 0 Å². The third-order valence-corrected chi connectivity index (χ3v) is 2.05. The van der Waals surface area contributed by atoms with Gasteiger partial charge in [-0.1, -0.05) is 0 Å². The van der Waals surface area contributed by atoms with E-state index >= 15 is 0 Å². The van der Waals surface area contributed by atoms with Crippen LogP contribution in [0.15, 0.2) is 0 Å². The molecule has 2 fully saturated rings. The molecular weight excluding hydrogens is 168 g/mol. The number of aliphatic hydroxyl groups is 3. The van der Waals surface area contributed by atoms with Crippen molar-refractivity contribution < 1.29 is 29.6 Å². The standard InChI is InChI=1S/C6H8O6/c7-1-3-4(12-5(1)9)2(8)6(10)11-3/h1-5,7-9H/t1-,2-,3-,4+,5?/m1/s1. The van der Waals surface area contributed by atoms with E-state index in [1.54, 1.807) is 0 Å². The average Bonchev–Trinajstić information content (AvgIpc) is 2.43. The Morgan fingerprint density at radius 1 is 1.17 bits per heavy atom. The summed E-state index contributed by atoms with van der Waals surface area (Å²) in [5, 5.41) is 27.2. The van der Waals surface area contributed by atoms with Crippen molar-refractivity contribution in [1.82, 2.24) is 0 Å². The Balaban J connectivity index is 2.19. The van der Waals surface area contributed by atoms with Gasteiger partial charge in [0.1, 0.15) is 12.2 Å². The molecule has 12 heavy (non-hydrogen) atoms. The molecule has 68 valence electrons. The van der Waals surface area contributed by atoms with Crippen molar-refractivity contribution in [1.29, 1.82) is 0 Å². The molecule has 0 radical (unpaired) electrons. The minimum Gasteiger partial charge on any atom is -0.454 e. The molecule has 2 aliphatic heterocycles. The summed E-state index contributed by atoms with van der Waals surface area (Å²) < 4.78 is 9.25. The highest BCUT2D eigenvalue weighted by molar-refractivity contribution is 5.78. The zero-order valence-corrected chi connectivity index (χ0v) is 5.95. The van der Waals surface area contributed by atoms with Gasteiger partial charge < -0.3 is 24.8 Å². The molecule has 0 spiro atoms. The quantitative estimate of drug-likeness (QED) is 0.349. The lowest BCUT2D eigenvalue weighted by molar-refractivity contribution is -0.168. The first-order valence-electron chi connectivity index (χ1n) is 3.51. The van der Waals surface area contributed by atoms with Crippen molar-refractivity contribution in [3.05, 3.63) is 0 Å². The maximum absolute atomic E-state index is 10.7. The monoisotopic (exact) mass is 176 g/mol. The number of aliphatic hydroxyl groups excluding tert-OH is 3. The van der Waals surface area contributed by atoms with Crippen LogP contribution in [0.1, 0.15) is 0 Å². The van der Waals surface area contributed by atoms with Crippen molar-refractivity contribution in [2.45, 2.75) is 30.7 Å². The average molecular weight is 176 g/mol. The molecule has 6 nitrogen and oxygen atoms in total. The number of esters is 1. The van der Waals surface area contributed by atoms with E-state index in [-0.39, 0.29) is 0 Å². The smallest absolute Gasteiger partial charge is 0.338 e.